The molecule has 0 aliphatic rings. The van der Waals surface area contributed by atoms with Gasteiger partial charge >= 0.3 is 0 Å². The number of methoxy groups -OCH3 is 1. The first-order chi connectivity index (χ1) is 14.2. The van der Waals surface area contributed by atoms with Gasteiger partial charge in [-0.05, 0) is 67.4 Å². The average molecular weight is 428 g/mol. The third kappa shape index (κ3) is 4.60. The van der Waals surface area contributed by atoms with Crippen LogP contribution >= 0.6 is 0 Å². The Morgan fingerprint density at radius 3 is 2.37 bits per heavy atom. The number of hydrogen-bond donors (Lipinski definition) is 2. The second-order valence-electron chi connectivity index (χ2n) is 6.70. The number of rotatable bonds is 6. The Hall–Kier alpha value is -3.39. The fourth-order valence-corrected chi connectivity index (χ4v) is 3.88. The molecule has 0 bridgehead atoms. The predicted molar refractivity (Wildman–Crippen MR) is 114 cm³/mol. The summed E-state index contributed by atoms with van der Waals surface area (Å²) in [5.74, 6) is -1.16. The van der Waals surface area contributed by atoms with Crippen molar-refractivity contribution in [2.24, 2.45) is 0 Å². The van der Waals surface area contributed by atoms with Crippen molar-refractivity contribution in [1.29, 1.82) is 0 Å². The maximum Gasteiger partial charge on any atom is 0.261 e. The van der Waals surface area contributed by atoms with E-state index >= 15 is 0 Å². The molecule has 0 saturated heterocycles. The van der Waals surface area contributed by atoms with E-state index in [-0.39, 0.29) is 21.9 Å². The maximum absolute atomic E-state index is 13.9. The number of sulfonamides is 1. The Kier molecular flexibility index (Phi) is 6.07. The number of carbonyl (C=O) groups is 1. The molecule has 1 amide bonds. The van der Waals surface area contributed by atoms with E-state index in [9.17, 15) is 17.6 Å². The van der Waals surface area contributed by atoms with E-state index in [1.807, 2.05) is 19.9 Å². The van der Waals surface area contributed by atoms with Crippen molar-refractivity contribution in [3.63, 3.8) is 0 Å². The minimum atomic E-state index is -3.93. The van der Waals surface area contributed by atoms with Crippen molar-refractivity contribution in [1.82, 2.24) is 0 Å². The van der Waals surface area contributed by atoms with Gasteiger partial charge in [-0.25, -0.2) is 12.8 Å². The highest BCUT2D eigenvalue weighted by molar-refractivity contribution is 7.92. The summed E-state index contributed by atoms with van der Waals surface area (Å²) in [6.45, 7) is 3.82. The van der Waals surface area contributed by atoms with E-state index in [0.29, 0.717) is 5.69 Å². The van der Waals surface area contributed by atoms with Gasteiger partial charge in [0.25, 0.3) is 15.9 Å². The smallest absolute Gasteiger partial charge is 0.261 e. The molecular formula is C22H21FN2O4S. The monoisotopic (exact) mass is 428 g/mol. The summed E-state index contributed by atoms with van der Waals surface area (Å²) in [5.41, 5.74) is 2.35. The number of hydrogen-bond acceptors (Lipinski definition) is 4. The molecule has 0 saturated carbocycles. The number of carbonyl (C=O) groups excluding carboxylic acids is 1. The van der Waals surface area contributed by atoms with Crippen LogP contribution in [0.15, 0.2) is 65.6 Å². The van der Waals surface area contributed by atoms with Crippen LogP contribution in [-0.2, 0) is 10.0 Å². The zero-order chi connectivity index (χ0) is 21.9. The zero-order valence-electron chi connectivity index (χ0n) is 16.7. The van der Waals surface area contributed by atoms with Crippen LogP contribution in [0.5, 0.6) is 5.75 Å². The highest BCUT2D eigenvalue weighted by Crippen LogP contribution is 2.29. The number of halogens is 1. The standard InChI is InChI=1S/C22H21FN2O4S/c1-14-8-9-16(12-15(14)2)25-30(27,28)17-10-11-21(29-3)20(13-17)24-22(26)18-6-4-5-7-19(18)23/h4-13,25H,1-3H3,(H,24,26). The van der Waals surface area contributed by atoms with E-state index in [2.05, 4.69) is 10.0 Å². The number of benzene rings is 3. The number of amides is 1. The van der Waals surface area contributed by atoms with Gasteiger partial charge in [0.15, 0.2) is 0 Å². The van der Waals surface area contributed by atoms with Gasteiger partial charge in [0.05, 0.1) is 23.3 Å². The molecule has 0 spiro atoms. The molecule has 3 aromatic carbocycles. The van der Waals surface area contributed by atoms with Gasteiger partial charge in [-0.3, -0.25) is 9.52 Å². The molecule has 2 N–H and O–H groups in total. The van der Waals surface area contributed by atoms with Gasteiger partial charge < -0.3 is 10.1 Å². The average Bonchev–Trinajstić information content (AvgIpc) is 2.70. The first-order valence-electron chi connectivity index (χ1n) is 9.05. The summed E-state index contributed by atoms with van der Waals surface area (Å²) in [6.07, 6.45) is 0. The number of ether oxygens (including phenoxy) is 1. The Bertz CT molecular complexity index is 1210. The molecular weight excluding hydrogens is 407 g/mol. The van der Waals surface area contributed by atoms with Crippen LogP contribution in [0.2, 0.25) is 0 Å². The van der Waals surface area contributed by atoms with Gasteiger partial charge in [0, 0.05) is 5.69 Å². The van der Waals surface area contributed by atoms with E-state index < -0.39 is 21.7 Å². The largest absolute Gasteiger partial charge is 0.495 e. The topological polar surface area (TPSA) is 84.5 Å². The first-order valence-corrected chi connectivity index (χ1v) is 10.5. The van der Waals surface area contributed by atoms with Gasteiger partial charge in [0.1, 0.15) is 11.6 Å². The number of anilines is 2. The summed E-state index contributed by atoms with van der Waals surface area (Å²) in [5, 5.41) is 2.52. The normalized spacial score (nSPS) is 11.1. The molecule has 30 heavy (non-hydrogen) atoms. The lowest BCUT2D eigenvalue weighted by Crippen LogP contribution is -2.16. The van der Waals surface area contributed by atoms with Crippen LogP contribution < -0.4 is 14.8 Å². The Balaban J connectivity index is 1.92. The summed E-state index contributed by atoms with van der Waals surface area (Å²) in [7, 11) is -2.55. The second-order valence-corrected chi connectivity index (χ2v) is 8.38. The fraction of sp³-hybridized carbons (Fsp3) is 0.136. The van der Waals surface area contributed by atoms with Crippen LogP contribution in [-0.4, -0.2) is 21.4 Å². The van der Waals surface area contributed by atoms with Crippen molar-refractivity contribution in [2.75, 3.05) is 17.1 Å². The van der Waals surface area contributed by atoms with Gasteiger partial charge in [-0.1, -0.05) is 18.2 Å². The summed E-state index contributed by atoms with van der Waals surface area (Å²) in [6, 6.07) is 14.8. The Labute approximate surface area is 174 Å². The molecule has 156 valence electrons. The lowest BCUT2D eigenvalue weighted by molar-refractivity contribution is 0.102. The predicted octanol–water partition coefficient (Wildman–Crippen LogP) is 4.50. The number of nitrogens with one attached hydrogen (secondary N) is 2. The summed E-state index contributed by atoms with van der Waals surface area (Å²) < 4.78 is 47.3. The molecule has 3 rings (SSSR count). The van der Waals surface area contributed by atoms with Crippen LogP contribution in [0.1, 0.15) is 21.5 Å². The van der Waals surface area contributed by atoms with Crippen molar-refractivity contribution in [2.45, 2.75) is 18.7 Å². The fourth-order valence-electron chi connectivity index (χ4n) is 2.81. The minimum absolute atomic E-state index is 0.0784. The lowest BCUT2D eigenvalue weighted by Gasteiger charge is -2.14. The molecule has 0 aliphatic carbocycles. The lowest BCUT2D eigenvalue weighted by atomic mass is 10.1. The number of aryl methyl sites for hydroxylation is 2. The Morgan fingerprint density at radius 1 is 0.967 bits per heavy atom. The highest BCUT2D eigenvalue weighted by Gasteiger charge is 2.19. The van der Waals surface area contributed by atoms with Crippen molar-refractivity contribution >= 4 is 27.3 Å². The van der Waals surface area contributed by atoms with E-state index in [0.717, 1.165) is 11.1 Å². The molecule has 8 heteroatoms. The van der Waals surface area contributed by atoms with Crippen LogP contribution in [0.25, 0.3) is 0 Å². The zero-order valence-corrected chi connectivity index (χ0v) is 17.5. The first kappa shape index (κ1) is 21.3. The molecule has 6 nitrogen and oxygen atoms in total. The van der Waals surface area contributed by atoms with E-state index in [1.54, 1.807) is 12.1 Å². The van der Waals surface area contributed by atoms with E-state index in [4.69, 9.17) is 4.74 Å². The van der Waals surface area contributed by atoms with Crippen molar-refractivity contribution in [3.8, 4) is 5.75 Å². The molecule has 0 aromatic heterocycles. The molecule has 0 atom stereocenters. The molecule has 0 radical (unpaired) electrons. The Morgan fingerprint density at radius 2 is 1.70 bits per heavy atom. The van der Waals surface area contributed by atoms with Crippen LogP contribution in [0, 0.1) is 19.7 Å². The van der Waals surface area contributed by atoms with E-state index in [1.165, 1.54) is 49.6 Å². The van der Waals surface area contributed by atoms with Crippen LogP contribution in [0.3, 0.4) is 0 Å². The summed E-state index contributed by atoms with van der Waals surface area (Å²) >= 11 is 0. The third-order valence-electron chi connectivity index (χ3n) is 4.61. The molecule has 3 aromatic rings. The van der Waals surface area contributed by atoms with Gasteiger partial charge in [0.2, 0.25) is 0 Å². The molecule has 0 heterocycles. The van der Waals surface area contributed by atoms with Gasteiger partial charge in [-0.15, -0.1) is 0 Å². The minimum Gasteiger partial charge on any atom is -0.495 e. The van der Waals surface area contributed by atoms with Gasteiger partial charge in [-0.2, -0.15) is 0 Å². The quantitative estimate of drug-likeness (QED) is 0.605. The second kappa shape index (κ2) is 8.54. The SMILES string of the molecule is COc1ccc(S(=O)(=O)Nc2ccc(C)c(C)c2)cc1NC(=O)c1ccccc1F. The van der Waals surface area contributed by atoms with Crippen molar-refractivity contribution in [3.05, 3.63) is 83.2 Å². The third-order valence-corrected chi connectivity index (χ3v) is 5.99. The molecule has 0 aliphatic heterocycles. The highest BCUT2D eigenvalue weighted by atomic mass is 32.2. The summed E-state index contributed by atoms with van der Waals surface area (Å²) in [4.78, 5) is 12.4. The van der Waals surface area contributed by atoms with Crippen LogP contribution in [0.4, 0.5) is 15.8 Å². The molecule has 0 unspecified atom stereocenters. The van der Waals surface area contributed by atoms with Crippen molar-refractivity contribution < 1.29 is 22.3 Å². The maximum atomic E-state index is 13.9. The molecule has 0 fully saturated rings.